The van der Waals surface area contributed by atoms with Crippen molar-refractivity contribution in [3.8, 4) is 17.6 Å². The molecule has 8 heteroatoms. The van der Waals surface area contributed by atoms with Gasteiger partial charge in [-0.1, -0.05) is 0 Å². The number of nitriles is 1. The Morgan fingerprint density at radius 1 is 1.40 bits per heavy atom. The van der Waals surface area contributed by atoms with Crippen molar-refractivity contribution in [3.63, 3.8) is 0 Å². The minimum absolute atomic E-state index is 0.0167. The van der Waals surface area contributed by atoms with E-state index in [1.54, 1.807) is 6.07 Å². The second-order valence-electron chi connectivity index (χ2n) is 3.56. The molecule has 0 radical (unpaired) electrons. The van der Waals surface area contributed by atoms with Crippen LogP contribution in [-0.2, 0) is 4.79 Å². The van der Waals surface area contributed by atoms with Crippen molar-refractivity contribution in [2.45, 2.75) is 0 Å². The SMILES string of the molecule is COc1cc(/C=C(/C#N)C(N)=O)c([N+](=O)[O-])cc1OC. The summed E-state index contributed by atoms with van der Waals surface area (Å²) in [6, 6.07) is 4.00. The number of carbonyl (C=O) groups excluding carboxylic acids is 1. The number of carbonyl (C=O) groups is 1. The number of nitro groups is 1. The highest BCUT2D eigenvalue weighted by Crippen LogP contribution is 2.35. The van der Waals surface area contributed by atoms with Gasteiger partial charge in [0.2, 0.25) is 0 Å². The number of nitrogens with zero attached hydrogens (tertiary/aromatic N) is 2. The van der Waals surface area contributed by atoms with Gasteiger partial charge in [0.1, 0.15) is 11.6 Å². The summed E-state index contributed by atoms with van der Waals surface area (Å²) in [4.78, 5) is 21.3. The molecule has 1 rings (SSSR count). The molecule has 0 aliphatic heterocycles. The van der Waals surface area contributed by atoms with Crippen LogP contribution in [0.4, 0.5) is 5.69 Å². The predicted molar refractivity (Wildman–Crippen MR) is 69.0 cm³/mol. The highest BCUT2D eigenvalue weighted by Gasteiger charge is 2.19. The summed E-state index contributed by atoms with van der Waals surface area (Å²) in [6.07, 6.45) is 1.03. The average molecular weight is 277 g/mol. The van der Waals surface area contributed by atoms with E-state index in [-0.39, 0.29) is 22.7 Å². The Morgan fingerprint density at radius 3 is 2.35 bits per heavy atom. The lowest BCUT2D eigenvalue weighted by Gasteiger charge is -2.08. The van der Waals surface area contributed by atoms with Gasteiger partial charge in [0, 0.05) is 0 Å². The van der Waals surface area contributed by atoms with Crippen molar-refractivity contribution >= 4 is 17.7 Å². The molecule has 0 bridgehead atoms. The average Bonchev–Trinajstić information content (AvgIpc) is 2.43. The molecule has 8 nitrogen and oxygen atoms in total. The number of rotatable bonds is 5. The maximum absolute atomic E-state index is 11.0. The van der Waals surface area contributed by atoms with Crippen LogP contribution < -0.4 is 15.2 Å². The van der Waals surface area contributed by atoms with Crippen LogP contribution in [0.2, 0.25) is 0 Å². The molecule has 0 fully saturated rings. The number of benzene rings is 1. The van der Waals surface area contributed by atoms with Gasteiger partial charge in [0.25, 0.3) is 11.6 Å². The summed E-state index contributed by atoms with van der Waals surface area (Å²) in [6.45, 7) is 0. The number of methoxy groups -OCH3 is 2. The lowest BCUT2D eigenvalue weighted by atomic mass is 10.1. The predicted octanol–water partition coefficient (Wildman–Crippen LogP) is 1.00. The van der Waals surface area contributed by atoms with Crippen molar-refractivity contribution < 1.29 is 19.2 Å². The minimum atomic E-state index is -0.975. The highest BCUT2D eigenvalue weighted by molar-refractivity contribution is 6.01. The number of ether oxygens (including phenoxy) is 2. The molecule has 0 aliphatic rings. The maximum atomic E-state index is 11.0. The summed E-state index contributed by atoms with van der Waals surface area (Å²) in [7, 11) is 2.69. The molecule has 1 aromatic rings. The van der Waals surface area contributed by atoms with Gasteiger partial charge in [-0.3, -0.25) is 14.9 Å². The van der Waals surface area contributed by atoms with Gasteiger partial charge in [-0.05, 0) is 12.1 Å². The zero-order chi connectivity index (χ0) is 15.3. The van der Waals surface area contributed by atoms with Gasteiger partial charge in [0.05, 0.1) is 30.8 Å². The molecule has 104 valence electrons. The van der Waals surface area contributed by atoms with E-state index in [4.69, 9.17) is 20.5 Å². The van der Waals surface area contributed by atoms with Crippen molar-refractivity contribution in [2.24, 2.45) is 5.73 Å². The van der Waals surface area contributed by atoms with E-state index in [1.165, 1.54) is 20.3 Å². The Balaban J connectivity index is 3.56. The van der Waals surface area contributed by atoms with Crippen LogP contribution in [-0.4, -0.2) is 25.1 Å². The first-order valence-electron chi connectivity index (χ1n) is 5.26. The first-order chi connectivity index (χ1) is 9.44. The number of amides is 1. The Hall–Kier alpha value is -3.08. The van der Waals surface area contributed by atoms with Crippen LogP contribution in [0.1, 0.15) is 5.56 Å². The third-order valence-electron chi connectivity index (χ3n) is 2.42. The monoisotopic (exact) mass is 277 g/mol. The molecule has 0 unspecified atom stereocenters. The van der Waals surface area contributed by atoms with Crippen LogP contribution in [0.15, 0.2) is 17.7 Å². The maximum Gasteiger partial charge on any atom is 0.280 e. The molecule has 2 N–H and O–H groups in total. The van der Waals surface area contributed by atoms with Gasteiger partial charge >= 0.3 is 0 Å². The van der Waals surface area contributed by atoms with Crippen molar-refractivity contribution in [3.05, 3.63) is 33.4 Å². The van der Waals surface area contributed by atoms with Gasteiger partial charge < -0.3 is 15.2 Å². The Morgan fingerprint density at radius 2 is 1.95 bits per heavy atom. The van der Waals surface area contributed by atoms with Crippen LogP contribution in [0.3, 0.4) is 0 Å². The third-order valence-corrected chi connectivity index (χ3v) is 2.42. The zero-order valence-corrected chi connectivity index (χ0v) is 10.7. The van der Waals surface area contributed by atoms with Gasteiger partial charge in [-0.15, -0.1) is 0 Å². The van der Waals surface area contributed by atoms with Crippen LogP contribution in [0.5, 0.6) is 11.5 Å². The quantitative estimate of drug-likeness (QED) is 0.370. The lowest BCUT2D eigenvalue weighted by Crippen LogP contribution is -2.12. The van der Waals surface area contributed by atoms with Gasteiger partial charge in [-0.2, -0.15) is 5.26 Å². The van der Waals surface area contributed by atoms with E-state index in [0.717, 1.165) is 12.1 Å². The molecule has 0 aromatic heterocycles. The van der Waals surface area contributed by atoms with Crippen molar-refractivity contribution in [1.29, 1.82) is 5.26 Å². The van der Waals surface area contributed by atoms with E-state index in [9.17, 15) is 14.9 Å². The fourth-order valence-corrected chi connectivity index (χ4v) is 1.47. The molecule has 0 saturated heterocycles. The first kappa shape index (κ1) is 15.0. The number of nitrogens with two attached hydrogens (primary N) is 1. The standard InChI is InChI=1S/C12H11N3O5/c1-19-10-4-7(3-8(6-13)12(14)16)9(15(17)18)5-11(10)20-2/h3-5H,1-2H3,(H2,14,16)/b8-3-. The van der Waals surface area contributed by atoms with E-state index < -0.39 is 16.4 Å². The number of hydrogen-bond acceptors (Lipinski definition) is 6. The topological polar surface area (TPSA) is 128 Å². The summed E-state index contributed by atoms with van der Waals surface area (Å²) in [5.41, 5.74) is 4.27. The van der Waals surface area contributed by atoms with E-state index in [1.807, 2.05) is 0 Å². The van der Waals surface area contributed by atoms with Crippen molar-refractivity contribution in [2.75, 3.05) is 14.2 Å². The smallest absolute Gasteiger partial charge is 0.280 e. The fraction of sp³-hybridized carbons (Fsp3) is 0.167. The summed E-state index contributed by atoms with van der Waals surface area (Å²) in [5, 5.41) is 19.8. The third kappa shape index (κ3) is 3.02. The highest BCUT2D eigenvalue weighted by atomic mass is 16.6. The van der Waals surface area contributed by atoms with E-state index in [0.29, 0.717) is 0 Å². The number of primary amides is 1. The molecule has 0 aliphatic carbocycles. The van der Waals surface area contributed by atoms with Crippen LogP contribution in [0.25, 0.3) is 6.08 Å². The van der Waals surface area contributed by atoms with Crippen LogP contribution in [0, 0.1) is 21.4 Å². The Bertz CT molecular complexity index is 631. The molecule has 0 heterocycles. The summed E-state index contributed by atoms with van der Waals surface area (Å²) < 4.78 is 9.97. The summed E-state index contributed by atoms with van der Waals surface area (Å²) in [5.74, 6) is -0.586. The lowest BCUT2D eigenvalue weighted by molar-refractivity contribution is -0.385. The van der Waals surface area contributed by atoms with E-state index in [2.05, 4.69) is 0 Å². The molecular weight excluding hydrogens is 266 g/mol. The molecule has 20 heavy (non-hydrogen) atoms. The first-order valence-corrected chi connectivity index (χ1v) is 5.26. The molecule has 0 saturated carbocycles. The zero-order valence-electron chi connectivity index (χ0n) is 10.7. The minimum Gasteiger partial charge on any atom is -0.493 e. The van der Waals surface area contributed by atoms with Crippen molar-refractivity contribution in [1.82, 2.24) is 0 Å². The normalized spacial score (nSPS) is 10.6. The molecular formula is C12H11N3O5. The van der Waals surface area contributed by atoms with Gasteiger partial charge in [0.15, 0.2) is 11.5 Å². The largest absolute Gasteiger partial charge is 0.493 e. The Kier molecular flexibility index (Phi) is 4.64. The molecule has 0 atom stereocenters. The molecule has 0 spiro atoms. The number of nitro benzene ring substituents is 1. The molecule has 1 aromatic carbocycles. The van der Waals surface area contributed by atoms with Gasteiger partial charge in [-0.25, -0.2) is 0 Å². The van der Waals surface area contributed by atoms with Crippen LogP contribution >= 0.6 is 0 Å². The van der Waals surface area contributed by atoms with E-state index >= 15 is 0 Å². The number of hydrogen-bond donors (Lipinski definition) is 1. The second-order valence-corrected chi connectivity index (χ2v) is 3.56. The second kappa shape index (κ2) is 6.19. The summed E-state index contributed by atoms with van der Waals surface area (Å²) >= 11 is 0. The fourth-order valence-electron chi connectivity index (χ4n) is 1.47. The Labute approximate surface area is 114 Å². The molecule has 1 amide bonds.